The number of ether oxygens (including phenoxy) is 1. The molecule has 0 heterocycles. The Morgan fingerprint density at radius 3 is 2.47 bits per heavy atom. The van der Waals surface area contributed by atoms with Crippen LogP contribution in [0.25, 0.3) is 0 Å². The molecular weight excluding hydrogens is 208 g/mol. The van der Waals surface area contributed by atoms with Crippen LogP contribution in [0, 0.1) is 0 Å². The number of hydrogen-bond donors (Lipinski definition) is 0. The molecule has 0 aromatic heterocycles. The summed E-state index contributed by atoms with van der Waals surface area (Å²) in [7, 11) is 0. The van der Waals surface area contributed by atoms with Gasteiger partial charge in [-0.3, -0.25) is 0 Å². The maximum absolute atomic E-state index is 5.97. The second-order valence-electron chi connectivity index (χ2n) is 5.34. The molecule has 0 aliphatic heterocycles. The van der Waals surface area contributed by atoms with Gasteiger partial charge in [-0.2, -0.15) is 0 Å². The van der Waals surface area contributed by atoms with Crippen molar-refractivity contribution in [2.75, 3.05) is 0 Å². The predicted octanol–water partition coefficient (Wildman–Crippen LogP) is 4.73. The van der Waals surface area contributed by atoms with Gasteiger partial charge in [-0.1, -0.05) is 35.9 Å². The number of benzene rings is 1. The monoisotopic (exact) mass is 232 g/mol. The molecule has 1 aromatic carbocycles. The van der Waals surface area contributed by atoms with E-state index in [9.17, 15) is 0 Å². The summed E-state index contributed by atoms with van der Waals surface area (Å²) in [4.78, 5) is 0. The summed E-state index contributed by atoms with van der Waals surface area (Å²) in [5, 5.41) is 0. The first kappa shape index (κ1) is 14.0. The molecule has 0 radical (unpaired) electrons. The Hall–Kier alpha value is -1.08. The summed E-state index contributed by atoms with van der Waals surface area (Å²) in [6.45, 7) is 11.0. The van der Waals surface area contributed by atoms with Gasteiger partial charge in [0.25, 0.3) is 0 Å². The Bertz CT molecular complexity index is 338. The van der Waals surface area contributed by atoms with Crippen LogP contribution in [0.4, 0.5) is 0 Å². The van der Waals surface area contributed by atoms with Gasteiger partial charge >= 0.3 is 0 Å². The number of rotatable bonds is 7. The van der Waals surface area contributed by atoms with E-state index in [0.29, 0.717) is 6.61 Å². The Morgan fingerprint density at radius 1 is 1.24 bits per heavy atom. The van der Waals surface area contributed by atoms with Gasteiger partial charge in [-0.05, 0) is 45.6 Å². The van der Waals surface area contributed by atoms with Crippen LogP contribution < -0.4 is 0 Å². The van der Waals surface area contributed by atoms with Crippen LogP contribution in [0.2, 0.25) is 0 Å². The minimum atomic E-state index is -0.0503. The van der Waals surface area contributed by atoms with Gasteiger partial charge in [0.1, 0.15) is 0 Å². The average molecular weight is 232 g/mol. The van der Waals surface area contributed by atoms with Crippen molar-refractivity contribution in [3.8, 4) is 0 Å². The third-order valence-electron chi connectivity index (χ3n) is 2.85. The highest BCUT2D eigenvalue weighted by atomic mass is 16.5. The molecule has 0 aliphatic rings. The molecule has 0 fully saturated rings. The van der Waals surface area contributed by atoms with Crippen LogP contribution in [-0.2, 0) is 11.3 Å². The van der Waals surface area contributed by atoms with Gasteiger partial charge < -0.3 is 4.74 Å². The van der Waals surface area contributed by atoms with Gasteiger partial charge in [-0.25, -0.2) is 0 Å². The van der Waals surface area contributed by atoms with E-state index in [1.165, 1.54) is 11.1 Å². The van der Waals surface area contributed by atoms with Crippen LogP contribution in [0.3, 0.4) is 0 Å². The van der Waals surface area contributed by atoms with E-state index in [2.05, 4.69) is 39.5 Å². The van der Waals surface area contributed by atoms with E-state index in [-0.39, 0.29) is 5.60 Å². The van der Waals surface area contributed by atoms with Crippen molar-refractivity contribution in [2.45, 2.75) is 52.2 Å². The number of allylic oxidation sites excluding steroid dienone is 1. The Kier molecular flexibility index (Phi) is 5.43. The fraction of sp³-hybridized carbons (Fsp3) is 0.500. The van der Waals surface area contributed by atoms with E-state index in [1.807, 2.05) is 18.2 Å². The molecule has 0 unspecified atom stereocenters. The van der Waals surface area contributed by atoms with Crippen molar-refractivity contribution in [2.24, 2.45) is 0 Å². The van der Waals surface area contributed by atoms with Gasteiger partial charge in [0.2, 0.25) is 0 Å². The predicted molar refractivity (Wildman–Crippen MR) is 74.0 cm³/mol. The molecule has 0 N–H and O–H groups in total. The van der Waals surface area contributed by atoms with E-state index in [1.54, 1.807) is 0 Å². The lowest BCUT2D eigenvalue weighted by atomic mass is 9.99. The van der Waals surface area contributed by atoms with E-state index in [0.717, 1.165) is 19.3 Å². The van der Waals surface area contributed by atoms with Gasteiger partial charge in [0, 0.05) is 0 Å². The van der Waals surface area contributed by atoms with E-state index >= 15 is 0 Å². The summed E-state index contributed by atoms with van der Waals surface area (Å²) in [6, 6.07) is 10.3. The smallest absolute Gasteiger partial charge is 0.0724 e. The second-order valence-corrected chi connectivity index (χ2v) is 5.34. The van der Waals surface area contributed by atoms with Crippen LogP contribution in [0.15, 0.2) is 42.5 Å². The molecular formula is C16H24O. The summed E-state index contributed by atoms with van der Waals surface area (Å²) in [5.41, 5.74) is 2.44. The molecule has 1 heteroatoms. The van der Waals surface area contributed by atoms with Crippen LogP contribution in [-0.4, -0.2) is 5.60 Å². The van der Waals surface area contributed by atoms with E-state index in [4.69, 9.17) is 4.74 Å². The highest BCUT2D eigenvalue weighted by molar-refractivity contribution is 5.13. The number of hydrogen-bond acceptors (Lipinski definition) is 1. The SMILES string of the molecule is C=C(C)CCCC(C)(C)OCc1ccccc1. The molecule has 1 nitrogen and oxygen atoms in total. The van der Waals surface area contributed by atoms with E-state index < -0.39 is 0 Å². The van der Waals surface area contributed by atoms with Crippen molar-refractivity contribution >= 4 is 0 Å². The Balaban J connectivity index is 2.31. The van der Waals surface area contributed by atoms with Crippen molar-refractivity contribution in [1.82, 2.24) is 0 Å². The second kappa shape index (κ2) is 6.61. The third-order valence-corrected chi connectivity index (χ3v) is 2.85. The van der Waals surface area contributed by atoms with Crippen LogP contribution >= 0.6 is 0 Å². The minimum absolute atomic E-state index is 0.0503. The Morgan fingerprint density at radius 2 is 1.88 bits per heavy atom. The maximum atomic E-state index is 5.97. The molecule has 0 saturated carbocycles. The average Bonchev–Trinajstić information content (AvgIpc) is 2.27. The molecule has 0 aliphatic carbocycles. The standard InChI is InChI=1S/C16H24O/c1-14(2)9-8-12-16(3,4)17-13-15-10-6-5-7-11-15/h5-7,10-11H,1,8-9,12-13H2,2-4H3. The highest BCUT2D eigenvalue weighted by Gasteiger charge is 2.17. The summed E-state index contributed by atoms with van der Waals surface area (Å²) in [6.07, 6.45) is 3.32. The van der Waals surface area contributed by atoms with Crippen molar-refractivity contribution in [1.29, 1.82) is 0 Å². The lowest BCUT2D eigenvalue weighted by Gasteiger charge is -2.25. The first-order chi connectivity index (χ1) is 7.99. The largest absolute Gasteiger partial charge is 0.371 e. The zero-order valence-corrected chi connectivity index (χ0v) is 11.3. The zero-order valence-electron chi connectivity index (χ0n) is 11.3. The normalized spacial score (nSPS) is 11.5. The van der Waals surface area contributed by atoms with Crippen LogP contribution in [0.5, 0.6) is 0 Å². The summed E-state index contributed by atoms with van der Waals surface area (Å²) < 4.78 is 5.97. The molecule has 0 atom stereocenters. The lowest BCUT2D eigenvalue weighted by Crippen LogP contribution is -2.24. The molecule has 1 aromatic rings. The molecule has 0 bridgehead atoms. The first-order valence-electron chi connectivity index (χ1n) is 6.32. The minimum Gasteiger partial charge on any atom is -0.371 e. The molecule has 17 heavy (non-hydrogen) atoms. The molecule has 1 rings (SSSR count). The fourth-order valence-electron chi connectivity index (χ4n) is 1.74. The first-order valence-corrected chi connectivity index (χ1v) is 6.32. The van der Waals surface area contributed by atoms with Gasteiger partial charge in [0.05, 0.1) is 12.2 Å². The van der Waals surface area contributed by atoms with Crippen LogP contribution in [0.1, 0.15) is 45.6 Å². The van der Waals surface area contributed by atoms with Gasteiger partial charge in [0.15, 0.2) is 0 Å². The fourth-order valence-corrected chi connectivity index (χ4v) is 1.74. The topological polar surface area (TPSA) is 9.23 Å². The zero-order chi connectivity index (χ0) is 12.7. The quantitative estimate of drug-likeness (QED) is 0.618. The van der Waals surface area contributed by atoms with Crippen molar-refractivity contribution < 1.29 is 4.74 Å². The highest BCUT2D eigenvalue weighted by Crippen LogP contribution is 2.21. The molecule has 0 spiro atoms. The lowest BCUT2D eigenvalue weighted by molar-refractivity contribution is -0.0360. The van der Waals surface area contributed by atoms with Crippen molar-refractivity contribution in [3.63, 3.8) is 0 Å². The summed E-state index contributed by atoms with van der Waals surface area (Å²) in [5.74, 6) is 0. The molecule has 94 valence electrons. The molecule has 0 saturated heterocycles. The third kappa shape index (κ3) is 6.28. The maximum Gasteiger partial charge on any atom is 0.0724 e. The molecule has 0 amide bonds. The van der Waals surface area contributed by atoms with Gasteiger partial charge in [-0.15, -0.1) is 6.58 Å². The van der Waals surface area contributed by atoms with Crippen molar-refractivity contribution in [3.05, 3.63) is 48.0 Å². The summed E-state index contributed by atoms with van der Waals surface area (Å²) >= 11 is 0. The Labute approximate surface area is 106 Å².